The number of benzene rings is 1. The molecule has 2 unspecified atom stereocenters. The maximum atomic E-state index is 12.7. The highest BCUT2D eigenvalue weighted by molar-refractivity contribution is 6.04. The van der Waals surface area contributed by atoms with E-state index in [1.54, 1.807) is 0 Å². The summed E-state index contributed by atoms with van der Waals surface area (Å²) in [5.74, 6) is 0.780. The Hall–Kier alpha value is -2.67. The standard InChI is InChI=1S/C18H20N4O3/c1-10-3-4-15-14(5-10)17(21-20-15)18(23)19-16-9-24-8-12(16)7-13-6-11(2)22-25-13/h3-6,12,16H,7-9H2,1-2H3,(H,19,23)(H,20,21). The average molecular weight is 340 g/mol. The Bertz CT molecular complexity index is 914. The summed E-state index contributed by atoms with van der Waals surface area (Å²) in [4.78, 5) is 12.7. The van der Waals surface area contributed by atoms with Crippen LogP contribution >= 0.6 is 0 Å². The molecule has 1 fully saturated rings. The lowest BCUT2D eigenvalue weighted by Gasteiger charge is -2.17. The summed E-state index contributed by atoms with van der Waals surface area (Å²) in [7, 11) is 0. The van der Waals surface area contributed by atoms with Gasteiger partial charge in [-0.1, -0.05) is 16.8 Å². The van der Waals surface area contributed by atoms with Gasteiger partial charge in [0, 0.05) is 23.8 Å². The molecule has 130 valence electrons. The lowest BCUT2D eigenvalue weighted by Crippen LogP contribution is -2.40. The number of hydrogen-bond donors (Lipinski definition) is 2. The second-order valence-electron chi connectivity index (χ2n) is 6.64. The molecule has 0 saturated carbocycles. The zero-order chi connectivity index (χ0) is 17.4. The molecule has 3 heterocycles. The maximum absolute atomic E-state index is 12.7. The molecule has 1 aromatic carbocycles. The number of hydrogen-bond acceptors (Lipinski definition) is 5. The van der Waals surface area contributed by atoms with Gasteiger partial charge < -0.3 is 14.6 Å². The number of nitrogens with zero attached hydrogens (tertiary/aromatic N) is 2. The molecule has 0 bridgehead atoms. The van der Waals surface area contributed by atoms with Crippen molar-refractivity contribution < 1.29 is 14.1 Å². The fourth-order valence-electron chi connectivity index (χ4n) is 3.27. The van der Waals surface area contributed by atoms with Crippen LogP contribution in [0.15, 0.2) is 28.8 Å². The fourth-order valence-corrected chi connectivity index (χ4v) is 3.27. The summed E-state index contributed by atoms with van der Waals surface area (Å²) >= 11 is 0. The molecular formula is C18H20N4O3. The Kier molecular flexibility index (Phi) is 4.01. The van der Waals surface area contributed by atoms with Gasteiger partial charge in [0.25, 0.3) is 5.91 Å². The van der Waals surface area contributed by atoms with Gasteiger partial charge in [0.2, 0.25) is 0 Å². The van der Waals surface area contributed by atoms with E-state index < -0.39 is 0 Å². The third-order valence-corrected chi connectivity index (χ3v) is 4.59. The number of rotatable bonds is 4. The van der Waals surface area contributed by atoms with E-state index in [1.807, 2.05) is 38.1 Å². The molecule has 3 aromatic rings. The van der Waals surface area contributed by atoms with Gasteiger partial charge in [-0.15, -0.1) is 0 Å². The summed E-state index contributed by atoms with van der Waals surface area (Å²) in [6, 6.07) is 7.73. The predicted octanol–water partition coefficient (Wildman–Crippen LogP) is 2.16. The number of nitrogens with one attached hydrogen (secondary N) is 2. The first-order valence-electron chi connectivity index (χ1n) is 8.35. The summed E-state index contributed by atoms with van der Waals surface area (Å²) in [6.45, 7) is 4.96. The van der Waals surface area contributed by atoms with Crippen LogP contribution in [0.1, 0.15) is 27.5 Å². The lowest BCUT2D eigenvalue weighted by atomic mass is 9.98. The van der Waals surface area contributed by atoms with Crippen molar-refractivity contribution in [1.29, 1.82) is 0 Å². The maximum Gasteiger partial charge on any atom is 0.272 e. The molecule has 1 aliphatic heterocycles. The van der Waals surface area contributed by atoms with E-state index in [-0.39, 0.29) is 17.9 Å². The summed E-state index contributed by atoms with van der Waals surface area (Å²) in [5, 5.41) is 14.9. The second-order valence-corrected chi connectivity index (χ2v) is 6.64. The van der Waals surface area contributed by atoms with Crippen LogP contribution < -0.4 is 5.32 Å². The summed E-state index contributed by atoms with van der Waals surface area (Å²) < 4.78 is 10.9. The minimum absolute atomic E-state index is 0.0746. The molecule has 1 amide bonds. The molecule has 1 saturated heterocycles. The van der Waals surface area contributed by atoms with Crippen LogP contribution in [0.25, 0.3) is 10.9 Å². The third kappa shape index (κ3) is 3.15. The number of ether oxygens (including phenoxy) is 1. The van der Waals surface area contributed by atoms with Gasteiger partial charge in [-0.3, -0.25) is 9.89 Å². The lowest BCUT2D eigenvalue weighted by molar-refractivity contribution is 0.0921. The van der Waals surface area contributed by atoms with Crippen molar-refractivity contribution in [2.75, 3.05) is 13.2 Å². The molecular weight excluding hydrogens is 320 g/mol. The van der Waals surface area contributed by atoms with Gasteiger partial charge in [0.1, 0.15) is 5.76 Å². The number of carbonyl (C=O) groups is 1. The van der Waals surface area contributed by atoms with Crippen molar-refractivity contribution >= 4 is 16.8 Å². The van der Waals surface area contributed by atoms with Gasteiger partial charge in [0.05, 0.1) is 30.5 Å². The van der Waals surface area contributed by atoms with Gasteiger partial charge in [-0.25, -0.2) is 0 Å². The molecule has 0 radical (unpaired) electrons. The molecule has 2 aromatic heterocycles. The van der Waals surface area contributed by atoms with E-state index in [9.17, 15) is 4.79 Å². The fraction of sp³-hybridized carbons (Fsp3) is 0.389. The van der Waals surface area contributed by atoms with Crippen LogP contribution in [-0.4, -0.2) is 40.5 Å². The van der Waals surface area contributed by atoms with E-state index >= 15 is 0 Å². The molecule has 7 heteroatoms. The van der Waals surface area contributed by atoms with Crippen LogP contribution in [-0.2, 0) is 11.2 Å². The molecule has 25 heavy (non-hydrogen) atoms. The van der Waals surface area contributed by atoms with Crippen molar-refractivity contribution in [2.45, 2.75) is 26.3 Å². The van der Waals surface area contributed by atoms with E-state index in [0.29, 0.717) is 25.3 Å². The molecule has 2 atom stereocenters. The highest BCUT2D eigenvalue weighted by atomic mass is 16.5. The molecule has 0 spiro atoms. The minimum Gasteiger partial charge on any atom is -0.379 e. The highest BCUT2D eigenvalue weighted by Crippen LogP contribution is 2.22. The van der Waals surface area contributed by atoms with Crippen molar-refractivity contribution in [3.8, 4) is 0 Å². The van der Waals surface area contributed by atoms with Crippen LogP contribution in [0.2, 0.25) is 0 Å². The number of carbonyl (C=O) groups excluding carboxylic acids is 1. The monoisotopic (exact) mass is 340 g/mol. The van der Waals surface area contributed by atoms with E-state index in [1.165, 1.54) is 0 Å². The number of aromatic nitrogens is 3. The quantitative estimate of drug-likeness (QED) is 0.759. The van der Waals surface area contributed by atoms with E-state index in [0.717, 1.165) is 27.9 Å². The molecule has 7 nitrogen and oxygen atoms in total. The SMILES string of the molecule is Cc1ccc2[nH]nc(C(=O)NC3COCC3Cc3cc(C)no3)c2c1. The summed E-state index contributed by atoms with van der Waals surface area (Å²) in [6.07, 6.45) is 0.687. The van der Waals surface area contributed by atoms with Crippen LogP contribution in [0.4, 0.5) is 0 Å². The second kappa shape index (κ2) is 6.33. The van der Waals surface area contributed by atoms with E-state index in [2.05, 4.69) is 20.7 Å². The normalized spacial score (nSPS) is 20.2. The van der Waals surface area contributed by atoms with Gasteiger partial charge in [-0.05, 0) is 26.0 Å². The average Bonchev–Trinajstić information content (AvgIpc) is 3.28. The topological polar surface area (TPSA) is 93.0 Å². The largest absolute Gasteiger partial charge is 0.379 e. The highest BCUT2D eigenvalue weighted by Gasteiger charge is 2.31. The Morgan fingerprint density at radius 1 is 1.32 bits per heavy atom. The van der Waals surface area contributed by atoms with Gasteiger partial charge in [0.15, 0.2) is 5.69 Å². The first-order chi connectivity index (χ1) is 12.1. The van der Waals surface area contributed by atoms with Crippen molar-refractivity contribution in [1.82, 2.24) is 20.7 Å². The first-order valence-corrected chi connectivity index (χ1v) is 8.35. The number of aromatic amines is 1. The molecule has 2 N–H and O–H groups in total. The van der Waals surface area contributed by atoms with E-state index in [4.69, 9.17) is 9.26 Å². The molecule has 0 aliphatic carbocycles. The zero-order valence-corrected chi connectivity index (χ0v) is 14.2. The van der Waals surface area contributed by atoms with Crippen LogP contribution in [0.5, 0.6) is 0 Å². The number of H-pyrrole nitrogens is 1. The smallest absolute Gasteiger partial charge is 0.272 e. The zero-order valence-electron chi connectivity index (χ0n) is 14.2. The van der Waals surface area contributed by atoms with Crippen molar-refractivity contribution in [3.05, 3.63) is 47.0 Å². The minimum atomic E-state index is -0.189. The van der Waals surface area contributed by atoms with Gasteiger partial charge in [-0.2, -0.15) is 5.10 Å². The predicted molar refractivity (Wildman–Crippen MR) is 91.3 cm³/mol. The van der Waals surface area contributed by atoms with Crippen LogP contribution in [0.3, 0.4) is 0 Å². The number of aryl methyl sites for hydroxylation is 2. The Labute approximate surface area is 144 Å². The number of fused-ring (bicyclic) bond motifs is 1. The Morgan fingerprint density at radius 2 is 2.20 bits per heavy atom. The molecule has 1 aliphatic rings. The number of amides is 1. The van der Waals surface area contributed by atoms with Crippen LogP contribution in [0, 0.1) is 19.8 Å². The third-order valence-electron chi connectivity index (χ3n) is 4.59. The Morgan fingerprint density at radius 3 is 3.00 bits per heavy atom. The molecule has 4 rings (SSSR count). The van der Waals surface area contributed by atoms with Gasteiger partial charge >= 0.3 is 0 Å². The summed E-state index contributed by atoms with van der Waals surface area (Å²) in [5.41, 5.74) is 3.21. The van der Waals surface area contributed by atoms with Crippen molar-refractivity contribution in [3.63, 3.8) is 0 Å². The first kappa shape index (κ1) is 15.8. The Balaban J connectivity index is 1.50. The van der Waals surface area contributed by atoms with Crippen molar-refractivity contribution in [2.24, 2.45) is 5.92 Å².